The second-order valence-electron chi connectivity index (χ2n) is 6.66. The molecule has 0 aromatic heterocycles. The molecule has 1 heterocycles. The van der Waals surface area contributed by atoms with Gasteiger partial charge < -0.3 is 14.0 Å². The van der Waals surface area contributed by atoms with Crippen molar-refractivity contribution >= 4 is 30.1 Å². The van der Waals surface area contributed by atoms with Crippen molar-refractivity contribution in [2.45, 2.75) is 32.2 Å². The number of unbranched alkanes of at least 4 members (excludes halogenated alkanes) is 1. The predicted octanol–water partition coefficient (Wildman–Crippen LogP) is 4.29. The predicted molar refractivity (Wildman–Crippen MR) is 102 cm³/mol. The van der Waals surface area contributed by atoms with Crippen LogP contribution in [0.25, 0.3) is 0 Å². The number of benzene rings is 1. The van der Waals surface area contributed by atoms with E-state index >= 15 is 0 Å². The van der Waals surface area contributed by atoms with Crippen molar-refractivity contribution in [1.82, 2.24) is 4.90 Å². The summed E-state index contributed by atoms with van der Waals surface area (Å²) >= 11 is 6.46. The molecule has 1 amide bonds. The van der Waals surface area contributed by atoms with E-state index in [9.17, 15) is 9.36 Å². The van der Waals surface area contributed by atoms with E-state index < -0.39 is 7.14 Å². The maximum atomic E-state index is 12.5. The molecule has 7 heteroatoms. The quantitative estimate of drug-likeness (QED) is 0.558. The number of carbonyl (C=O) groups is 1. The van der Waals surface area contributed by atoms with Gasteiger partial charge in [-0.15, -0.1) is 0 Å². The SMILES string of the molecule is CCCCOC(=O)N1CCCOCC1c1ccc(P(C)(C)=O)cc1Cl. The number of halogens is 1. The number of carbonyl (C=O) groups excluding carboxylic acids is 1. The molecule has 1 saturated heterocycles. The van der Waals surface area contributed by atoms with Crippen LogP contribution < -0.4 is 5.30 Å². The maximum Gasteiger partial charge on any atom is 0.410 e. The van der Waals surface area contributed by atoms with Gasteiger partial charge in [0.25, 0.3) is 0 Å². The Hall–Kier alpha value is -1.03. The Morgan fingerprint density at radius 1 is 1.44 bits per heavy atom. The van der Waals surface area contributed by atoms with Crippen molar-refractivity contribution in [2.75, 3.05) is 39.7 Å². The zero-order valence-corrected chi connectivity index (χ0v) is 16.8. The fraction of sp³-hybridized carbons (Fsp3) is 0.611. The Morgan fingerprint density at radius 3 is 2.84 bits per heavy atom. The molecular formula is C18H27ClNO4P. The van der Waals surface area contributed by atoms with E-state index in [0.717, 1.165) is 30.1 Å². The normalized spacial score (nSPS) is 18.7. The van der Waals surface area contributed by atoms with Crippen LogP contribution in [-0.2, 0) is 14.0 Å². The van der Waals surface area contributed by atoms with E-state index in [0.29, 0.717) is 31.4 Å². The lowest BCUT2D eigenvalue weighted by atomic mass is 10.1. The Morgan fingerprint density at radius 2 is 2.20 bits per heavy atom. The monoisotopic (exact) mass is 387 g/mol. The first-order valence-electron chi connectivity index (χ1n) is 8.70. The summed E-state index contributed by atoms with van der Waals surface area (Å²) in [5.41, 5.74) is 0.799. The summed E-state index contributed by atoms with van der Waals surface area (Å²) in [6.07, 6.45) is 2.24. The van der Waals surface area contributed by atoms with Crippen molar-refractivity contribution < 1.29 is 18.8 Å². The fourth-order valence-corrected chi connectivity index (χ4v) is 4.02. The van der Waals surface area contributed by atoms with Crippen LogP contribution in [-0.4, -0.2) is 50.7 Å². The summed E-state index contributed by atoms with van der Waals surface area (Å²) in [5, 5.41) is 1.23. The van der Waals surface area contributed by atoms with Crippen LogP contribution in [0.15, 0.2) is 18.2 Å². The third kappa shape index (κ3) is 5.47. The molecule has 1 fully saturated rings. The topological polar surface area (TPSA) is 55.8 Å². The highest BCUT2D eigenvalue weighted by atomic mass is 35.5. The molecule has 0 saturated carbocycles. The molecule has 140 valence electrons. The van der Waals surface area contributed by atoms with Crippen LogP contribution in [0.5, 0.6) is 0 Å². The van der Waals surface area contributed by atoms with E-state index in [1.54, 1.807) is 24.3 Å². The average Bonchev–Trinajstić information content (AvgIpc) is 2.80. The van der Waals surface area contributed by atoms with E-state index in [4.69, 9.17) is 21.1 Å². The lowest BCUT2D eigenvalue weighted by molar-refractivity contribution is 0.0685. The van der Waals surface area contributed by atoms with Crippen molar-refractivity contribution in [2.24, 2.45) is 0 Å². The minimum atomic E-state index is -2.39. The summed E-state index contributed by atoms with van der Waals surface area (Å²) < 4.78 is 23.3. The molecular weight excluding hydrogens is 361 g/mol. The van der Waals surface area contributed by atoms with Gasteiger partial charge in [0.2, 0.25) is 0 Å². The highest BCUT2D eigenvalue weighted by molar-refractivity contribution is 7.70. The second kappa shape index (κ2) is 9.07. The van der Waals surface area contributed by atoms with E-state index in [1.165, 1.54) is 0 Å². The van der Waals surface area contributed by atoms with Crippen LogP contribution in [0.1, 0.15) is 37.8 Å². The Bertz CT molecular complexity index is 646. The molecule has 1 aliphatic heterocycles. The molecule has 25 heavy (non-hydrogen) atoms. The summed E-state index contributed by atoms with van der Waals surface area (Å²) in [6, 6.07) is 5.12. The number of amides is 1. The van der Waals surface area contributed by atoms with Crippen LogP contribution in [0.2, 0.25) is 5.02 Å². The Balaban J connectivity index is 2.26. The number of rotatable bonds is 5. The highest BCUT2D eigenvalue weighted by Gasteiger charge is 2.30. The van der Waals surface area contributed by atoms with Crippen molar-refractivity contribution in [3.05, 3.63) is 28.8 Å². The van der Waals surface area contributed by atoms with Gasteiger partial charge in [-0.05, 0) is 37.8 Å². The second-order valence-corrected chi connectivity index (χ2v) is 10.3. The molecule has 0 bridgehead atoms. The first-order valence-corrected chi connectivity index (χ1v) is 11.7. The molecule has 0 radical (unpaired) electrons. The number of nitrogens with zero attached hydrogens (tertiary/aromatic N) is 1. The van der Waals surface area contributed by atoms with Gasteiger partial charge >= 0.3 is 6.09 Å². The molecule has 0 aliphatic carbocycles. The van der Waals surface area contributed by atoms with E-state index in [2.05, 4.69) is 6.92 Å². The number of hydrogen-bond acceptors (Lipinski definition) is 4. The maximum absolute atomic E-state index is 12.5. The van der Waals surface area contributed by atoms with Crippen molar-refractivity contribution in [3.63, 3.8) is 0 Å². The molecule has 0 N–H and O–H groups in total. The van der Waals surface area contributed by atoms with Gasteiger partial charge in [0, 0.05) is 23.5 Å². The van der Waals surface area contributed by atoms with Crippen molar-refractivity contribution in [3.8, 4) is 0 Å². The standard InChI is InChI=1S/C18H27ClNO4P/c1-4-5-11-24-18(21)20-9-6-10-23-13-17(20)15-8-7-14(12-16(15)19)25(2,3)22/h7-8,12,17H,4-6,9-11,13H2,1-3H3. The summed E-state index contributed by atoms with van der Waals surface area (Å²) in [7, 11) is -2.39. The van der Waals surface area contributed by atoms with Gasteiger partial charge in [-0.1, -0.05) is 37.1 Å². The Labute approximate surface area is 155 Å². The number of hydrogen-bond donors (Lipinski definition) is 0. The smallest absolute Gasteiger partial charge is 0.410 e. The van der Waals surface area contributed by atoms with Gasteiger partial charge in [0.15, 0.2) is 0 Å². The number of ether oxygens (including phenoxy) is 2. The zero-order valence-electron chi connectivity index (χ0n) is 15.2. The molecule has 0 spiro atoms. The summed E-state index contributed by atoms with van der Waals surface area (Å²) in [4.78, 5) is 14.2. The molecule has 1 aromatic carbocycles. The first kappa shape index (κ1) is 20.3. The molecule has 1 aliphatic rings. The minimum Gasteiger partial charge on any atom is -0.449 e. The lowest BCUT2D eigenvalue weighted by Crippen LogP contribution is -2.37. The summed E-state index contributed by atoms with van der Waals surface area (Å²) in [6.45, 7) is 7.43. The molecule has 2 rings (SSSR count). The molecule has 1 unspecified atom stereocenters. The van der Waals surface area contributed by atoms with Gasteiger partial charge in [0.1, 0.15) is 7.14 Å². The van der Waals surface area contributed by atoms with Crippen LogP contribution in [0, 0.1) is 0 Å². The van der Waals surface area contributed by atoms with Gasteiger partial charge in [-0.25, -0.2) is 4.79 Å². The van der Waals surface area contributed by atoms with Crippen LogP contribution >= 0.6 is 18.7 Å². The van der Waals surface area contributed by atoms with Crippen LogP contribution in [0.4, 0.5) is 4.79 Å². The average molecular weight is 388 g/mol. The third-order valence-electron chi connectivity index (χ3n) is 4.26. The van der Waals surface area contributed by atoms with E-state index in [1.807, 2.05) is 12.1 Å². The molecule has 1 atom stereocenters. The van der Waals surface area contributed by atoms with Gasteiger partial charge in [-0.2, -0.15) is 0 Å². The lowest BCUT2D eigenvalue weighted by Gasteiger charge is -2.29. The zero-order chi connectivity index (χ0) is 18.4. The molecule has 5 nitrogen and oxygen atoms in total. The summed E-state index contributed by atoms with van der Waals surface area (Å²) in [5.74, 6) is 0. The van der Waals surface area contributed by atoms with Gasteiger partial charge in [0.05, 0.1) is 19.3 Å². The minimum absolute atomic E-state index is 0.300. The van der Waals surface area contributed by atoms with Crippen molar-refractivity contribution in [1.29, 1.82) is 0 Å². The molecule has 1 aromatic rings. The Kier molecular flexibility index (Phi) is 7.36. The fourth-order valence-electron chi connectivity index (χ4n) is 2.76. The van der Waals surface area contributed by atoms with Gasteiger partial charge in [-0.3, -0.25) is 4.90 Å². The van der Waals surface area contributed by atoms with E-state index in [-0.39, 0.29) is 12.1 Å². The first-order chi connectivity index (χ1) is 11.8. The highest BCUT2D eigenvalue weighted by Crippen LogP contribution is 2.37. The van der Waals surface area contributed by atoms with Crippen LogP contribution in [0.3, 0.4) is 0 Å². The third-order valence-corrected chi connectivity index (χ3v) is 6.11. The largest absolute Gasteiger partial charge is 0.449 e.